The van der Waals surface area contributed by atoms with Gasteiger partial charge in [-0.05, 0) is 5.92 Å². The third-order valence-corrected chi connectivity index (χ3v) is 3.20. The Hall–Kier alpha value is -1.60. The van der Waals surface area contributed by atoms with Gasteiger partial charge in [0.05, 0.1) is 31.6 Å². The molecule has 7 nitrogen and oxygen atoms in total. The Morgan fingerprint density at radius 3 is 2.75 bits per heavy atom. The molecule has 0 aromatic carbocycles. The molecular weight excluding hydrogens is 286 g/mol. The smallest absolute Gasteiger partial charge is 0.327 e. The van der Waals surface area contributed by atoms with E-state index in [0.29, 0.717) is 5.69 Å². The van der Waals surface area contributed by atoms with E-state index in [0.717, 1.165) is 4.68 Å². The fraction of sp³-hybridized carbons (Fsp3) is 0.583. The molecule has 8 heteroatoms. The van der Waals surface area contributed by atoms with Crippen molar-refractivity contribution in [2.45, 2.75) is 26.4 Å². The summed E-state index contributed by atoms with van der Waals surface area (Å²) in [5.74, 6) is -0.444. The predicted octanol–water partition coefficient (Wildman–Crippen LogP) is 0.498. The molecular formula is C12H18ClN3O4. The molecule has 1 aromatic heterocycles. The highest BCUT2D eigenvalue weighted by molar-refractivity contribution is 6.32. The zero-order valence-electron chi connectivity index (χ0n) is 11.6. The van der Waals surface area contributed by atoms with Gasteiger partial charge < -0.3 is 15.2 Å². The molecule has 0 aliphatic carbocycles. The fourth-order valence-electron chi connectivity index (χ4n) is 1.49. The molecule has 1 aromatic rings. The summed E-state index contributed by atoms with van der Waals surface area (Å²) in [4.78, 5) is 23.1. The highest BCUT2D eigenvalue weighted by atomic mass is 35.5. The van der Waals surface area contributed by atoms with Crippen LogP contribution in [0.4, 0.5) is 5.69 Å². The summed E-state index contributed by atoms with van der Waals surface area (Å²) in [5, 5.41) is 16.0. The number of nitrogens with one attached hydrogen (secondary N) is 1. The van der Waals surface area contributed by atoms with Crippen LogP contribution < -0.4 is 10.9 Å². The van der Waals surface area contributed by atoms with E-state index in [2.05, 4.69) is 15.2 Å². The van der Waals surface area contributed by atoms with Gasteiger partial charge in [-0.3, -0.25) is 9.59 Å². The molecule has 0 aliphatic rings. The third kappa shape index (κ3) is 3.94. The van der Waals surface area contributed by atoms with Crippen LogP contribution in [0, 0.1) is 5.92 Å². The van der Waals surface area contributed by atoms with E-state index in [4.69, 9.17) is 11.6 Å². The number of methoxy groups -OCH3 is 1. The molecule has 1 rings (SSSR count). The molecule has 1 heterocycles. The van der Waals surface area contributed by atoms with Crippen LogP contribution in [0.1, 0.15) is 13.8 Å². The van der Waals surface area contributed by atoms with Gasteiger partial charge in [0, 0.05) is 0 Å². The van der Waals surface area contributed by atoms with Crippen molar-refractivity contribution in [2.75, 3.05) is 19.0 Å². The molecule has 0 radical (unpaired) electrons. The summed E-state index contributed by atoms with van der Waals surface area (Å²) in [6.45, 7) is 3.45. The van der Waals surface area contributed by atoms with Gasteiger partial charge in [0.25, 0.3) is 5.56 Å². The molecule has 1 atom stereocenters. The molecule has 112 valence electrons. The largest absolute Gasteiger partial charge is 0.468 e. The van der Waals surface area contributed by atoms with E-state index in [9.17, 15) is 14.7 Å². The number of aliphatic hydroxyl groups is 1. The van der Waals surface area contributed by atoms with E-state index in [1.807, 2.05) is 13.8 Å². The molecule has 0 saturated carbocycles. The Balaban J connectivity index is 3.00. The Kier molecular flexibility index (Phi) is 5.97. The van der Waals surface area contributed by atoms with Crippen LogP contribution >= 0.6 is 11.6 Å². The second kappa shape index (κ2) is 7.25. The molecule has 0 spiro atoms. The van der Waals surface area contributed by atoms with Crippen molar-refractivity contribution in [3.05, 3.63) is 21.6 Å². The number of carbonyl (C=O) groups is 1. The standard InChI is InChI=1S/C12H18ClN3O4/c1-7(2)9(6-17)15-8-4-14-16(5-10(18)20-3)12(19)11(8)13/h4,7,9,15,17H,5-6H2,1-3H3. The van der Waals surface area contributed by atoms with Gasteiger partial charge in [0.2, 0.25) is 0 Å². The summed E-state index contributed by atoms with van der Waals surface area (Å²) in [7, 11) is 1.22. The number of halogens is 1. The predicted molar refractivity (Wildman–Crippen MR) is 74.9 cm³/mol. The van der Waals surface area contributed by atoms with Gasteiger partial charge in [0.15, 0.2) is 0 Å². The lowest BCUT2D eigenvalue weighted by Crippen LogP contribution is -2.32. The van der Waals surface area contributed by atoms with Crippen molar-refractivity contribution in [3.63, 3.8) is 0 Å². The van der Waals surface area contributed by atoms with Crippen molar-refractivity contribution < 1.29 is 14.6 Å². The Bertz CT molecular complexity index is 530. The van der Waals surface area contributed by atoms with Gasteiger partial charge in [-0.25, -0.2) is 4.68 Å². The Morgan fingerprint density at radius 1 is 1.60 bits per heavy atom. The number of rotatable bonds is 6. The highest BCUT2D eigenvalue weighted by Crippen LogP contribution is 2.18. The minimum Gasteiger partial charge on any atom is -0.468 e. The Morgan fingerprint density at radius 2 is 2.25 bits per heavy atom. The first kappa shape index (κ1) is 16.5. The lowest BCUT2D eigenvalue weighted by atomic mass is 10.1. The SMILES string of the molecule is COC(=O)Cn1ncc(NC(CO)C(C)C)c(Cl)c1=O. The van der Waals surface area contributed by atoms with Crippen LogP contribution in [0.5, 0.6) is 0 Å². The average Bonchev–Trinajstić information content (AvgIpc) is 2.42. The molecule has 0 amide bonds. The monoisotopic (exact) mass is 303 g/mol. The van der Waals surface area contributed by atoms with Crippen LogP contribution in [0.25, 0.3) is 0 Å². The molecule has 0 bridgehead atoms. The number of anilines is 1. The first-order valence-electron chi connectivity index (χ1n) is 6.10. The molecule has 0 saturated heterocycles. The number of aromatic nitrogens is 2. The van der Waals surface area contributed by atoms with Crippen LogP contribution in [-0.4, -0.2) is 40.6 Å². The van der Waals surface area contributed by atoms with Gasteiger partial charge >= 0.3 is 5.97 Å². The summed E-state index contributed by atoms with van der Waals surface area (Å²) in [5.41, 5.74) is -0.270. The number of hydrogen-bond acceptors (Lipinski definition) is 6. The molecule has 20 heavy (non-hydrogen) atoms. The lowest BCUT2D eigenvalue weighted by molar-refractivity contribution is -0.141. The number of nitrogens with zero attached hydrogens (tertiary/aromatic N) is 2. The van der Waals surface area contributed by atoms with Crippen LogP contribution in [0.2, 0.25) is 5.02 Å². The first-order valence-corrected chi connectivity index (χ1v) is 6.48. The van der Waals surface area contributed by atoms with Crippen LogP contribution in [0.15, 0.2) is 11.0 Å². The summed E-state index contributed by atoms with van der Waals surface area (Å²) >= 11 is 5.96. The number of aliphatic hydroxyl groups excluding tert-OH is 1. The second-order valence-electron chi connectivity index (χ2n) is 4.59. The second-order valence-corrected chi connectivity index (χ2v) is 4.97. The van der Waals surface area contributed by atoms with E-state index in [-0.39, 0.29) is 30.1 Å². The van der Waals surface area contributed by atoms with Crippen molar-refractivity contribution in [1.29, 1.82) is 0 Å². The zero-order chi connectivity index (χ0) is 15.3. The maximum Gasteiger partial charge on any atom is 0.327 e. The van der Waals surface area contributed by atoms with Crippen molar-refractivity contribution >= 4 is 23.3 Å². The van der Waals surface area contributed by atoms with Crippen molar-refractivity contribution in [3.8, 4) is 0 Å². The van der Waals surface area contributed by atoms with Crippen molar-refractivity contribution in [1.82, 2.24) is 9.78 Å². The molecule has 1 unspecified atom stereocenters. The van der Waals surface area contributed by atoms with E-state index in [1.54, 1.807) is 0 Å². The normalized spacial score (nSPS) is 12.3. The quantitative estimate of drug-likeness (QED) is 0.743. The topological polar surface area (TPSA) is 93.5 Å². The lowest BCUT2D eigenvalue weighted by Gasteiger charge is -2.21. The third-order valence-electron chi connectivity index (χ3n) is 2.83. The van der Waals surface area contributed by atoms with E-state index < -0.39 is 11.5 Å². The maximum atomic E-state index is 11.9. The molecule has 0 aliphatic heterocycles. The highest BCUT2D eigenvalue weighted by Gasteiger charge is 2.17. The number of ether oxygens (including phenoxy) is 1. The van der Waals surface area contributed by atoms with E-state index in [1.165, 1.54) is 13.3 Å². The van der Waals surface area contributed by atoms with Crippen molar-refractivity contribution in [2.24, 2.45) is 5.92 Å². The molecule has 2 N–H and O–H groups in total. The number of hydrogen-bond donors (Lipinski definition) is 2. The average molecular weight is 304 g/mol. The Labute approximate surface area is 121 Å². The zero-order valence-corrected chi connectivity index (χ0v) is 12.3. The van der Waals surface area contributed by atoms with Gasteiger partial charge in [-0.15, -0.1) is 0 Å². The van der Waals surface area contributed by atoms with E-state index >= 15 is 0 Å². The maximum absolute atomic E-state index is 11.9. The minimum atomic E-state index is -0.595. The number of esters is 1. The summed E-state index contributed by atoms with van der Waals surface area (Å²) in [6, 6.07) is -0.245. The van der Waals surface area contributed by atoms with Gasteiger partial charge in [-0.2, -0.15) is 5.10 Å². The molecule has 0 fully saturated rings. The minimum absolute atomic E-state index is 0.0806. The summed E-state index contributed by atoms with van der Waals surface area (Å²) < 4.78 is 5.38. The number of carbonyl (C=O) groups excluding carboxylic acids is 1. The first-order chi connectivity index (χ1) is 9.40. The van der Waals surface area contributed by atoms with Crippen LogP contribution in [0.3, 0.4) is 0 Å². The fourth-order valence-corrected chi connectivity index (χ4v) is 1.69. The van der Waals surface area contributed by atoms with Gasteiger partial charge in [0.1, 0.15) is 11.6 Å². The van der Waals surface area contributed by atoms with Gasteiger partial charge in [-0.1, -0.05) is 25.4 Å². The van der Waals surface area contributed by atoms with Crippen LogP contribution in [-0.2, 0) is 16.1 Å². The summed E-state index contributed by atoms with van der Waals surface area (Å²) in [6.07, 6.45) is 1.34.